The maximum Gasteiger partial charge on any atom is 0.326 e. The monoisotopic (exact) mass is 470 g/mol. The number of nitrogens with one attached hydrogen (secondary N) is 3. The first kappa shape index (κ1) is 26.8. The molecule has 4 unspecified atom stereocenters. The Bertz CT molecular complexity index is 748. The Kier molecular flexibility index (Phi) is 12.1. The van der Waals surface area contributed by atoms with Gasteiger partial charge in [0, 0.05) is 12.2 Å². The van der Waals surface area contributed by atoms with Crippen LogP contribution in [-0.2, 0) is 25.6 Å². The van der Waals surface area contributed by atoms with Crippen LogP contribution in [0.5, 0.6) is 0 Å². The lowest BCUT2D eigenvalue weighted by Crippen LogP contribution is -2.57. The van der Waals surface area contributed by atoms with Crippen molar-refractivity contribution in [3.8, 4) is 0 Å². The third kappa shape index (κ3) is 9.62. The van der Waals surface area contributed by atoms with Crippen LogP contribution in [0.25, 0.3) is 0 Å². The van der Waals surface area contributed by atoms with Gasteiger partial charge >= 0.3 is 5.97 Å². The second-order valence-corrected chi connectivity index (χ2v) is 8.31. The van der Waals surface area contributed by atoms with E-state index < -0.39 is 47.9 Å². The maximum absolute atomic E-state index is 12.7. The Hall–Kier alpha value is -2.24. The van der Waals surface area contributed by atoms with Crippen molar-refractivity contribution in [2.45, 2.75) is 43.9 Å². The zero-order valence-electron chi connectivity index (χ0n) is 17.5. The normalized spacial score (nSPS) is 14.6. The number of rotatable bonds is 13. The predicted octanol–water partition coefficient (Wildman–Crippen LogP) is -0.202. The molecule has 0 aliphatic rings. The summed E-state index contributed by atoms with van der Waals surface area (Å²) in [7, 11) is 0. The summed E-state index contributed by atoms with van der Waals surface area (Å²) in [4.78, 5) is 48.8. The molecule has 0 radical (unpaired) electrons. The van der Waals surface area contributed by atoms with E-state index in [1.54, 1.807) is 24.3 Å². The molecule has 1 rings (SSSR count). The first-order chi connectivity index (χ1) is 14.7. The number of hydrogen-bond acceptors (Lipinski definition) is 7. The maximum atomic E-state index is 12.7. The lowest BCUT2D eigenvalue weighted by Gasteiger charge is -2.24. The van der Waals surface area contributed by atoms with E-state index in [0.717, 1.165) is 5.56 Å². The minimum Gasteiger partial charge on any atom is -0.480 e. The van der Waals surface area contributed by atoms with Crippen molar-refractivity contribution in [3.63, 3.8) is 0 Å². The second kappa shape index (κ2) is 13.9. The summed E-state index contributed by atoms with van der Waals surface area (Å²) in [6.07, 6.45) is 2.30. The van der Waals surface area contributed by atoms with Crippen LogP contribution in [0, 0.1) is 0 Å². The van der Waals surface area contributed by atoms with E-state index in [2.05, 4.69) is 28.6 Å². The number of carbonyl (C=O) groups is 4. The van der Waals surface area contributed by atoms with Gasteiger partial charge in [-0.25, -0.2) is 4.79 Å². The SMILES string of the molecule is CSCCC(NC(=O)C(C)N)C(=O)NC(CS)C(=O)NC(Cc1ccccc1)C(=O)O. The van der Waals surface area contributed by atoms with E-state index in [1.807, 2.05) is 12.3 Å². The standard InChI is InChI=1S/C20H30N4O5S2/c1-12(21)17(25)22-14(8-9-31-2)18(26)24-16(11-30)19(27)23-15(20(28)29)10-13-6-4-3-5-7-13/h3-7,12,14-16,30H,8-11,21H2,1-2H3,(H,22,25)(H,23,27)(H,24,26)(H,28,29). The Morgan fingerprint density at radius 2 is 1.55 bits per heavy atom. The lowest BCUT2D eigenvalue weighted by atomic mass is 10.1. The molecular formula is C20H30N4O5S2. The van der Waals surface area contributed by atoms with Crippen molar-refractivity contribution >= 4 is 48.1 Å². The average Bonchev–Trinajstić information content (AvgIpc) is 2.74. The van der Waals surface area contributed by atoms with Gasteiger partial charge in [0.25, 0.3) is 0 Å². The van der Waals surface area contributed by atoms with Crippen LogP contribution < -0.4 is 21.7 Å². The molecule has 11 heteroatoms. The van der Waals surface area contributed by atoms with Crippen molar-refractivity contribution in [2.24, 2.45) is 5.73 Å². The fourth-order valence-electron chi connectivity index (χ4n) is 2.60. The highest BCUT2D eigenvalue weighted by molar-refractivity contribution is 7.98. The third-order valence-corrected chi connectivity index (χ3v) is 5.38. The van der Waals surface area contributed by atoms with E-state index >= 15 is 0 Å². The first-order valence-corrected chi connectivity index (χ1v) is 11.7. The van der Waals surface area contributed by atoms with E-state index in [-0.39, 0.29) is 12.2 Å². The van der Waals surface area contributed by atoms with E-state index in [9.17, 15) is 24.3 Å². The Labute approximate surface area is 191 Å². The van der Waals surface area contributed by atoms with Crippen LogP contribution in [0.15, 0.2) is 30.3 Å². The van der Waals surface area contributed by atoms with Gasteiger partial charge in [-0.2, -0.15) is 24.4 Å². The molecule has 0 bridgehead atoms. The summed E-state index contributed by atoms with van der Waals surface area (Å²) in [5.74, 6) is -2.36. The minimum absolute atomic E-state index is 0.0499. The van der Waals surface area contributed by atoms with E-state index in [0.29, 0.717) is 12.2 Å². The number of hydrogen-bond donors (Lipinski definition) is 6. The fourth-order valence-corrected chi connectivity index (χ4v) is 3.32. The van der Waals surface area contributed by atoms with Gasteiger partial charge in [-0.1, -0.05) is 30.3 Å². The smallest absolute Gasteiger partial charge is 0.326 e. The summed E-state index contributed by atoms with van der Waals surface area (Å²) in [5.41, 5.74) is 6.30. The molecular weight excluding hydrogens is 440 g/mol. The molecule has 0 saturated heterocycles. The van der Waals surface area contributed by atoms with Crippen LogP contribution >= 0.6 is 24.4 Å². The molecule has 0 heterocycles. The molecule has 0 aliphatic carbocycles. The van der Waals surface area contributed by atoms with Crippen LogP contribution in [0.1, 0.15) is 18.9 Å². The topological polar surface area (TPSA) is 151 Å². The molecule has 0 fully saturated rings. The van der Waals surface area contributed by atoms with Crippen LogP contribution in [0.2, 0.25) is 0 Å². The van der Waals surface area contributed by atoms with Gasteiger partial charge in [-0.3, -0.25) is 14.4 Å². The van der Waals surface area contributed by atoms with Crippen molar-refractivity contribution in [1.82, 2.24) is 16.0 Å². The van der Waals surface area contributed by atoms with Crippen molar-refractivity contribution in [3.05, 3.63) is 35.9 Å². The van der Waals surface area contributed by atoms with Crippen LogP contribution in [0.4, 0.5) is 0 Å². The Morgan fingerprint density at radius 3 is 2.06 bits per heavy atom. The van der Waals surface area contributed by atoms with Gasteiger partial charge in [0.05, 0.1) is 6.04 Å². The first-order valence-electron chi connectivity index (χ1n) is 9.72. The predicted molar refractivity (Wildman–Crippen MR) is 124 cm³/mol. The fraction of sp³-hybridized carbons (Fsp3) is 0.500. The zero-order valence-corrected chi connectivity index (χ0v) is 19.2. The minimum atomic E-state index is -1.19. The zero-order chi connectivity index (χ0) is 23.4. The second-order valence-electron chi connectivity index (χ2n) is 6.96. The highest BCUT2D eigenvalue weighted by Gasteiger charge is 2.29. The molecule has 1 aromatic rings. The van der Waals surface area contributed by atoms with Gasteiger partial charge in [0.1, 0.15) is 18.1 Å². The van der Waals surface area contributed by atoms with Crippen molar-refractivity contribution < 1.29 is 24.3 Å². The molecule has 9 nitrogen and oxygen atoms in total. The summed E-state index contributed by atoms with van der Waals surface area (Å²) in [6, 6.07) is 4.98. The number of carboxylic acid groups (broad SMARTS) is 1. The highest BCUT2D eigenvalue weighted by atomic mass is 32.2. The number of carboxylic acids is 1. The Morgan fingerprint density at radius 1 is 1.00 bits per heavy atom. The molecule has 0 saturated carbocycles. The third-order valence-electron chi connectivity index (χ3n) is 4.37. The lowest BCUT2D eigenvalue weighted by molar-refractivity contribution is -0.142. The average molecular weight is 471 g/mol. The van der Waals surface area contributed by atoms with Crippen molar-refractivity contribution in [2.75, 3.05) is 17.8 Å². The molecule has 0 spiro atoms. The number of thioether (sulfide) groups is 1. The van der Waals surface area contributed by atoms with Gasteiger partial charge in [0.2, 0.25) is 17.7 Å². The number of aliphatic carboxylic acids is 1. The number of thiol groups is 1. The molecule has 0 aromatic heterocycles. The van der Waals surface area contributed by atoms with Crippen molar-refractivity contribution in [1.29, 1.82) is 0 Å². The molecule has 31 heavy (non-hydrogen) atoms. The number of amides is 3. The van der Waals surface area contributed by atoms with Crippen LogP contribution in [-0.4, -0.2) is 70.7 Å². The number of nitrogens with two attached hydrogens (primary N) is 1. The summed E-state index contributed by atoms with van der Waals surface area (Å²) in [5, 5.41) is 17.0. The van der Waals surface area contributed by atoms with Gasteiger partial charge < -0.3 is 26.8 Å². The molecule has 172 valence electrons. The largest absolute Gasteiger partial charge is 0.480 e. The summed E-state index contributed by atoms with van der Waals surface area (Å²) in [6.45, 7) is 1.50. The molecule has 6 N–H and O–H groups in total. The molecule has 3 amide bonds. The van der Waals surface area contributed by atoms with Gasteiger partial charge in [0.15, 0.2) is 0 Å². The van der Waals surface area contributed by atoms with Gasteiger partial charge in [-0.15, -0.1) is 0 Å². The summed E-state index contributed by atoms with van der Waals surface area (Å²) >= 11 is 5.61. The van der Waals surface area contributed by atoms with E-state index in [4.69, 9.17) is 5.73 Å². The molecule has 0 aliphatic heterocycles. The Balaban J connectivity index is 2.82. The summed E-state index contributed by atoms with van der Waals surface area (Å²) < 4.78 is 0. The van der Waals surface area contributed by atoms with Crippen LogP contribution in [0.3, 0.4) is 0 Å². The van der Waals surface area contributed by atoms with Gasteiger partial charge in [-0.05, 0) is 30.9 Å². The molecule has 4 atom stereocenters. The molecule has 1 aromatic carbocycles. The number of benzene rings is 1. The quantitative estimate of drug-likeness (QED) is 0.219. The highest BCUT2D eigenvalue weighted by Crippen LogP contribution is 2.06. The number of carbonyl (C=O) groups excluding carboxylic acids is 3. The van der Waals surface area contributed by atoms with E-state index in [1.165, 1.54) is 18.7 Å².